The maximum atomic E-state index is 13.4. The molecule has 15 nitrogen and oxygen atoms in total. The zero-order valence-corrected chi connectivity index (χ0v) is 18.1. The molecule has 0 spiro atoms. The fourth-order valence-electron chi connectivity index (χ4n) is 4.03. The molecule has 2 aliphatic rings. The Balaban J connectivity index is 2.25. The number of carboxylic acids is 1. The van der Waals surface area contributed by atoms with E-state index in [4.69, 9.17) is 22.1 Å². The third kappa shape index (κ3) is 8.21. The third-order valence-corrected chi connectivity index (χ3v) is 5.46. The Morgan fingerprint density at radius 1 is 1.24 bits per heavy atom. The van der Waals surface area contributed by atoms with Crippen LogP contribution in [-0.2, 0) is 19.2 Å². The first-order valence-corrected chi connectivity index (χ1v) is 10.6. The van der Waals surface area contributed by atoms with Crippen LogP contribution in [-0.4, -0.2) is 96.4 Å². The van der Waals surface area contributed by atoms with Gasteiger partial charge in [0.05, 0.1) is 31.1 Å². The van der Waals surface area contributed by atoms with Crippen molar-refractivity contribution in [2.24, 2.45) is 21.6 Å². The molecule has 0 aliphatic carbocycles. The van der Waals surface area contributed by atoms with Crippen molar-refractivity contribution in [2.45, 2.75) is 49.9 Å². The largest absolute Gasteiger partial charge is 0.481 e. The van der Waals surface area contributed by atoms with Crippen LogP contribution in [0.2, 0.25) is 0 Å². The van der Waals surface area contributed by atoms with Gasteiger partial charge in [0.2, 0.25) is 11.8 Å². The lowest BCUT2D eigenvalue weighted by Gasteiger charge is -2.27. The van der Waals surface area contributed by atoms with E-state index in [0.717, 1.165) is 0 Å². The minimum Gasteiger partial charge on any atom is -0.481 e. The van der Waals surface area contributed by atoms with Gasteiger partial charge in [-0.1, -0.05) is 5.11 Å². The number of carbonyl (C=O) groups excluding carboxylic acids is 3. The zero-order valence-electron chi connectivity index (χ0n) is 18.1. The Morgan fingerprint density at radius 3 is 2.67 bits per heavy atom. The molecule has 15 heteroatoms. The summed E-state index contributed by atoms with van der Waals surface area (Å²) in [5.41, 5.74) is 19.2. The van der Waals surface area contributed by atoms with E-state index in [1.165, 1.54) is 0 Å². The minimum absolute atomic E-state index is 0.0726. The lowest BCUT2D eigenvalue weighted by Crippen LogP contribution is -2.54. The van der Waals surface area contributed by atoms with Crippen LogP contribution in [0, 0.1) is 0 Å². The highest BCUT2D eigenvalue weighted by atomic mass is 16.4. The van der Waals surface area contributed by atoms with Crippen LogP contribution in [0.4, 0.5) is 0 Å². The molecular formula is C18H30N10O5. The van der Waals surface area contributed by atoms with E-state index >= 15 is 0 Å². The molecule has 2 aliphatic heterocycles. The monoisotopic (exact) mass is 466 g/mol. The molecule has 2 saturated heterocycles. The molecule has 2 fully saturated rings. The number of carboxylic acid groups (broad SMARTS) is 1. The normalized spacial score (nSPS) is 26.2. The summed E-state index contributed by atoms with van der Waals surface area (Å²) in [6, 6.07) is -2.86. The topological polar surface area (TPSA) is 241 Å². The maximum absolute atomic E-state index is 13.4. The van der Waals surface area contributed by atoms with Gasteiger partial charge in [-0.25, -0.2) is 0 Å². The lowest BCUT2D eigenvalue weighted by atomic mass is 9.97. The number of nitrogens with two attached hydrogens (primary N) is 2. The predicted molar refractivity (Wildman–Crippen MR) is 117 cm³/mol. The van der Waals surface area contributed by atoms with E-state index < -0.39 is 48.9 Å². The molecule has 0 aromatic rings. The van der Waals surface area contributed by atoms with E-state index in [0.29, 0.717) is 25.9 Å². The second kappa shape index (κ2) is 12.6. The average Bonchev–Trinajstić information content (AvgIpc) is 3.14. The number of hydrogen-bond acceptors (Lipinski definition) is 8. The van der Waals surface area contributed by atoms with Gasteiger partial charge in [-0.05, 0) is 24.8 Å². The van der Waals surface area contributed by atoms with Gasteiger partial charge in [0.1, 0.15) is 0 Å². The smallest absolute Gasteiger partial charge is 0.305 e. The van der Waals surface area contributed by atoms with Crippen molar-refractivity contribution in [3.8, 4) is 0 Å². The summed E-state index contributed by atoms with van der Waals surface area (Å²) >= 11 is 0. The number of rotatable bonds is 9. The first kappa shape index (κ1) is 25.8. The van der Waals surface area contributed by atoms with Crippen molar-refractivity contribution in [3.63, 3.8) is 0 Å². The molecule has 33 heavy (non-hydrogen) atoms. The second-order valence-electron chi connectivity index (χ2n) is 7.90. The van der Waals surface area contributed by atoms with E-state index in [1.807, 2.05) is 4.90 Å². The Labute approximate surface area is 189 Å². The molecule has 182 valence electrons. The number of nitrogens with zero attached hydrogens (tertiary/aromatic N) is 5. The van der Waals surface area contributed by atoms with Gasteiger partial charge in [0.15, 0.2) is 11.7 Å². The molecule has 4 atom stereocenters. The molecule has 2 heterocycles. The molecule has 0 unspecified atom stereocenters. The fourth-order valence-corrected chi connectivity index (χ4v) is 4.03. The summed E-state index contributed by atoms with van der Waals surface area (Å²) in [5, 5.41) is 20.8. The van der Waals surface area contributed by atoms with E-state index in [-0.39, 0.29) is 37.3 Å². The molecule has 0 aromatic heterocycles. The third-order valence-electron chi connectivity index (χ3n) is 5.46. The quantitative estimate of drug-likeness (QED) is 0.0520. The minimum atomic E-state index is -1.18. The molecule has 2 bridgehead atoms. The Bertz CT molecular complexity index is 823. The SMILES string of the molecule is [N-]=[N+]=NCCN1C[C@H]2C[C@@H]1C(=O)[C@H](CCCN=C(N)N)NC(=O)CNC(=O)[C@H](CC(=O)O)N2. The first-order valence-electron chi connectivity index (χ1n) is 10.6. The highest BCUT2D eigenvalue weighted by Crippen LogP contribution is 2.22. The molecule has 2 rings (SSSR count). The number of aliphatic carboxylic acids is 1. The van der Waals surface area contributed by atoms with Crippen molar-refractivity contribution >= 4 is 29.5 Å². The predicted octanol–water partition coefficient (Wildman–Crippen LogP) is -2.59. The van der Waals surface area contributed by atoms with Crippen LogP contribution in [0.3, 0.4) is 0 Å². The number of ketones is 1. The Kier molecular flexibility index (Phi) is 9.84. The van der Waals surface area contributed by atoms with Crippen LogP contribution >= 0.6 is 0 Å². The van der Waals surface area contributed by atoms with Crippen LogP contribution in [0.25, 0.3) is 10.4 Å². The van der Waals surface area contributed by atoms with Crippen molar-refractivity contribution < 1.29 is 24.3 Å². The van der Waals surface area contributed by atoms with Gasteiger partial charge in [0, 0.05) is 37.1 Å². The van der Waals surface area contributed by atoms with Crippen molar-refractivity contribution in [3.05, 3.63) is 10.4 Å². The summed E-state index contributed by atoms with van der Waals surface area (Å²) in [5.74, 6) is -2.66. The molecule has 0 aromatic carbocycles. The van der Waals surface area contributed by atoms with Gasteiger partial charge in [-0.3, -0.25) is 29.1 Å². The van der Waals surface area contributed by atoms with Crippen molar-refractivity contribution in [2.75, 3.05) is 32.7 Å². The standard InChI is InChI=1S/C18H30N10O5/c19-18(20)22-3-1-2-11-16(32)13-6-10(9-28(13)5-4-24-27-21)25-12(7-15(30)31)17(33)23-8-14(29)26-11/h10-13,25H,1-9H2,(H,23,33)(H,26,29)(H,30,31)(H4,19,20,22)/t10-,11+,12+,13-/m1/s1. The molecule has 0 saturated carbocycles. The molecule has 2 amide bonds. The van der Waals surface area contributed by atoms with E-state index in [1.54, 1.807) is 0 Å². The number of likely N-dealkylation sites (tertiary alicyclic amines) is 1. The van der Waals surface area contributed by atoms with Crippen molar-refractivity contribution in [1.29, 1.82) is 0 Å². The van der Waals surface area contributed by atoms with Gasteiger partial charge in [-0.15, -0.1) is 0 Å². The van der Waals surface area contributed by atoms with Gasteiger partial charge in [-0.2, -0.15) is 0 Å². The number of guanidine groups is 1. The summed E-state index contributed by atoms with van der Waals surface area (Å²) in [4.78, 5) is 58.0. The number of fused-ring (bicyclic) bond motifs is 2. The van der Waals surface area contributed by atoms with Crippen LogP contribution in [0.1, 0.15) is 25.7 Å². The second-order valence-corrected chi connectivity index (χ2v) is 7.90. The van der Waals surface area contributed by atoms with Gasteiger partial charge >= 0.3 is 5.97 Å². The Hall–Kier alpha value is -3.42. The van der Waals surface area contributed by atoms with Gasteiger partial charge < -0.3 is 32.5 Å². The first-order chi connectivity index (χ1) is 15.7. The molecular weight excluding hydrogens is 436 g/mol. The molecule has 0 radical (unpaired) electrons. The van der Waals surface area contributed by atoms with Crippen LogP contribution in [0.15, 0.2) is 10.1 Å². The van der Waals surface area contributed by atoms with Crippen LogP contribution in [0.5, 0.6) is 0 Å². The van der Waals surface area contributed by atoms with Crippen LogP contribution < -0.4 is 27.4 Å². The highest BCUT2D eigenvalue weighted by molar-refractivity contribution is 5.95. The maximum Gasteiger partial charge on any atom is 0.305 e. The average molecular weight is 467 g/mol. The number of amides is 2. The summed E-state index contributed by atoms with van der Waals surface area (Å²) < 4.78 is 0. The number of azide groups is 1. The molecule has 8 N–H and O–H groups in total. The number of nitrogens with one attached hydrogen (secondary N) is 3. The number of carbonyl (C=O) groups is 4. The summed E-state index contributed by atoms with van der Waals surface area (Å²) in [6.07, 6.45) is 0.554. The van der Waals surface area contributed by atoms with Gasteiger partial charge in [0.25, 0.3) is 0 Å². The number of aliphatic imine (C=N–C) groups is 1. The lowest BCUT2D eigenvalue weighted by molar-refractivity contribution is -0.140. The highest BCUT2D eigenvalue weighted by Gasteiger charge is 2.41. The number of hydrogen-bond donors (Lipinski definition) is 6. The van der Waals surface area contributed by atoms with E-state index in [9.17, 15) is 19.2 Å². The fraction of sp³-hybridized carbons (Fsp3) is 0.722. The zero-order chi connectivity index (χ0) is 24.4. The van der Waals surface area contributed by atoms with E-state index in [2.05, 4.69) is 31.0 Å². The van der Waals surface area contributed by atoms with Crippen molar-refractivity contribution in [1.82, 2.24) is 20.9 Å². The Morgan fingerprint density at radius 2 is 2.00 bits per heavy atom. The summed E-state index contributed by atoms with van der Waals surface area (Å²) in [7, 11) is 0. The number of Topliss-reactive ketones (excluding diaryl/α,β-unsaturated/α-hetero) is 1. The summed E-state index contributed by atoms with van der Waals surface area (Å²) in [6.45, 7) is 0.654.